The number of carbonyl (C=O) groups is 1. The molecule has 1 aromatic heterocycles. The van der Waals surface area contributed by atoms with E-state index in [0.717, 1.165) is 12.1 Å². The zero-order chi connectivity index (χ0) is 14.4. The van der Waals surface area contributed by atoms with Crippen molar-refractivity contribution in [2.75, 3.05) is 6.61 Å². The first kappa shape index (κ1) is 14.1. The lowest BCUT2D eigenvalue weighted by atomic mass is 10.2. The van der Waals surface area contributed by atoms with Gasteiger partial charge in [-0.1, -0.05) is 0 Å². The summed E-state index contributed by atoms with van der Waals surface area (Å²) in [4.78, 5) is 11.5. The molecule has 0 aliphatic carbocycles. The van der Waals surface area contributed by atoms with Gasteiger partial charge in [-0.15, -0.1) is 0 Å². The summed E-state index contributed by atoms with van der Waals surface area (Å²) in [6.07, 6.45) is 3.74. The average molecular weight is 274 g/mol. The highest BCUT2D eigenvalue weighted by molar-refractivity contribution is 5.89. The van der Waals surface area contributed by atoms with Crippen LogP contribution in [0.5, 0.6) is 5.75 Å². The highest BCUT2D eigenvalue weighted by Crippen LogP contribution is 2.14. The van der Waals surface area contributed by atoms with E-state index in [2.05, 4.69) is 5.10 Å². The van der Waals surface area contributed by atoms with Crippen LogP contribution in [0, 0.1) is 0 Å². The monoisotopic (exact) mass is 274 g/mol. The molecule has 0 bridgehead atoms. The van der Waals surface area contributed by atoms with Crippen molar-refractivity contribution in [3.63, 3.8) is 0 Å². The Kier molecular flexibility index (Phi) is 4.76. The van der Waals surface area contributed by atoms with Crippen LogP contribution in [0.3, 0.4) is 0 Å². The first-order valence-electron chi connectivity index (χ1n) is 6.64. The SMILES string of the molecule is CCOC(=O)c1ccc(OCc2cnn(CC)c2)cc1. The first-order valence-corrected chi connectivity index (χ1v) is 6.64. The summed E-state index contributed by atoms with van der Waals surface area (Å²) < 4.78 is 12.4. The Morgan fingerprint density at radius 1 is 1.25 bits per heavy atom. The molecule has 0 amide bonds. The summed E-state index contributed by atoms with van der Waals surface area (Å²) in [5, 5.41) is 4.18. The molecule has 0 aliphatic rings. The van der Waals surface area contributed by atoms with Gasteiger partial charge in [0.1, 0.15) is 12.4 Å². The molecule has 0 spiro atoms. The maximum atomic E-state index is 11.5. The Morgan fingerprint density at radius 2 is 2.00 bits per heavy atom. The number of rotatable bonds is 6. The molecule has 0 saturated heterocycles. The van der Waals surface area contributed by atoms with E-state index in [4.69, 9.17) is 9.47 Å². The standard InChI is InChI=1S/C15H18N2O3/c1-3-17-10-12(9-16-17)11-20-14-7-5-13(6-8-14)15(18)19-4-2/h5-10H,3-4,11H2,1-2H3. The number of esters is 1. The van der Waals surface area contributed by atoms with Gasteiger partial charge in [0.05, 0.1) is 18.4 Å². The minimum atomic E-state index is -0.316. The maximum absolute atomic E-state index is 11.5. The summed E-state index contributed by atoms with van der Waals surface area (Å²) in [7, 11) is 0. The third kappa shape index (κ3) is 3.60. The van der Waals surface area contributed by atoms with Crippen LogP contribution in [-0.2, 0) is 17.9 Å². The summed E-state index contributed by atoms with van der Waals surface area (Å²) in [6.45, 7) is 5.49. The molecule has 5 heteroatoms. The molecule has 0 saturated carbocycles. The number of ether oxygens (including phenoxy) is 2. The molecule has 0 aliphatic heterocycles. The molecule has 2 aromatic rings. The number of aromatic nitrogens is 2. The van der Waals surface area contributed by atoms with E-state index in [-0.39, 0.29) is 5.97 Å². The van der Waals surface area contributed by atoms with Gasteiger partial charge in [0.2, 0.25) is 0 Å². The van der Waals surface area contributed by atoms with E-state index < -0.39 is 0 Å². The molecule has 0 N–H and O–H groups in total. The zero-order valence-electron chi connectivity index (χ0n) is 11.7. The number of aryl methyl sites for hydroxylation is 1. The Labute approximate surface area is 118 Å². The minimum absolute atomic E-state index is 0.316. The smallest absolute Gasteiger partial charge is 0.338 e. The number of carbonyl (C=O) groups excluding carboxylic acids is 1. The van der Waals surface area contributed by atoms with Crippen LogP contribution in [0.1, 0.15) is 29.8 Å². The van der Waals surface area contributed by atoms with Gasteiger partial charge >= 0.3 is 5.97 Å². The third-order valence-corrected chi connectivity index (χ3v) is 2.78. The van der Waals surface area contributed by atoms with E-state index in [1.165, 1.54) is 0 Å². The van der Waals surface area contributed by atoms with Crippen molar-refractivity contribution < 1.29 is 14.3 Å². The second kappa shape index (κ2) is 6.75. The summed E-state index contributed by atoms with van der Waals surface area (Å²) in [6, 6.07) is 6.92. The quantitative estimate of drug-likeness (QED) is 0.760. The van der Waals surface area contributed by atoms with E-state index in [1.807, 2.05) is 17.8 Å². The molecular weight excluding hydrogens is 256 g/mol. The second-order valence-corrected chi connectivity index (χ2v) is 4.24. The summed E-state index contributed by atoms with van der Waals surface area (Å²) in [5.41, 5.74) is 1.54. The second-order valence-electron chi connectivity index (χ2n) is 4.24. The molecule has 0 radical (unpaired) electrons. The van der Waals surface area contributed by atoms with Crippen LogP contribution in [0.25, 0.3) is 0 Å². The fourth-order valence-corrected chi connectivity index (χ4v) is 1.72. The Morgan fingerprint density at radius 3 is 2.60 bits per heavy atom. The highest BCUT2D eigenvalue weighted by atomic mass is 16.5. The van der Waals surface area contributed by atoms with Crippen LogP contribution >= 0.6 is 0 Å². The van der Waals surface area contributed by atoms with Gasteiger partial charge in [-0.25, -0.2) is 4.79 Å². The van der Waals surface area contributed by atoms with Gasteiger partial charge < -0.3 is 9.47 Å². The molecule has 2 rings (SSSR count). The van der Waals surface area contributed by atoms with Crippen LogP contribution < -0.4 is 4.74 Å². The number of hydrogen-bond acceptors (Lipinski definition) is 4. The van der Waals surface area contributed by atoms with Crippen molar-refractivity contribution in [1.29, 1.82) is 0 Å². The van der Waals surface area contributed by atoms with Crippen molar-refractivity contribution in [2.45, 2.75) is 27.0 Å². The number of benzene rings is 1. The predicted octanol–water partition coefficient (Wildman–Crippen LogP) is 2.66. The molecule has 1 aromatic carbocycles. The Hall–Kier alpha value is -2.30. The molecule has 0 atom stereocenters. The van der Waals surface area contributed by atoms with Crippen LogP contribution in [0.15, 0.2) is 36.7 Å². The van der Waals surface area contributed by atoms with Crippen LogP contribution in [0.4, 0.5) is 0 Å². The van der Waals surface area contributed by atoms with Crippen molar-refractivity contribution in [3.05, 3.63) is 47.8 Å². The molecular formula is C15H18N2O3. The van der Waals surface area contributed by atoms with Gasteiger partial charge in [-0.05, 0) is 38.1 Å². The highest BCUT2D eigenvalue weighted by Gasteiger charge is 2.06. The van der Waals surface area contributed by atoms with Crippen molar-refractivity contribution in [1.82, 2.24) is 9.78 Å². The molecule has 106 valence electrons. The van der Waals surface area contributed by atoms with E-state index in [9.17, 15) is 4.79 Å². The largest absolute Gasteiger partial charge is 0.489 e. The summed E-state index contributed by atoms with van der Waals surface area (Å²) in [5.74, 6) is 0.394. The van der Waals surface area contributed by atoms with Crippen molar-refractivity contribution in [3.8, 4) is 5.75 Å². The van der Waals surface area contributed by atoms with Crippen LogP contribution in [-0.4, -0.2) is 22.4 Å². The van der Waals surface area contributed by atoms with Gasteiger partial charge in [0.15, 0.2) is 0 Å². The Balaban J connectivity index is 1.92. The average Bonchev–Trinajstić information content (AvgIpc) is 2.94. The fourth-order valence-electron chi connectivity index (χ4n) is 1.72. The molecule has 0 unspecified atom stereocenters. The van der Waals surface area contributed by atoms with E-state index in [0.29, 0.717) is 24.5 Å². The molecule has 0 fully saturated rings. The lowest BCUT2D eigenvalue weighted by Crippen LogP contribution is -2.04. The minimum Gasteiger partial charge on any atom is -0.489 e. The van der Waals surface area contributed by atoms with Gasteiger partial charge in [-0.3, -0.25) is 4.68 Å². The normalized spacial score (nSPS) is 10.3. The third-order valence-electron chi connectivity index (χ3n) is 2.78. The number of nitrogens with zero attached hydrogens (tertiary/aromatic N) is 2. The fraction of sp³-hybridized carbons (Fsp3) is 0.333. The Bertz CT molecular complexity index is 561. The first-order chi connectivity index (χ1) is 9.72. The summed E-state index contributed by atoms with van der Waals surface area (Å²) >= 11 is 0. The predicted molar refractivity (Wildman–Crippen MR) is 74.6 cm³/mol. The lowest BCUT2D eigenvalue weighted by Gasteiger charge is -2.06. The molecule has 20 heavy (non-hydrogen) atoms. The molecule has 5 nitrogen and oxygen atoms in total. The lowest BCUT2D eigenvalue weighted by molar-refractivity contribution is 0.0526. The number of hydrogen-bond donors (Lipinski definition) is 0. The van der Waals surface area contributed by atoms with E-state index >= 15 is 0 Å². The zero-order valence-corrected chi connectivity index (χ0v) is 11.7. The van der Waals surface area contributed by atoms with Gasteiger partial charge in [0, 0.05) is 18.3 Å². The maximum Gasteiger partial charge on any atom is 0.338 e. The van der Waals surface area contributed by atoms with Crippen molar-refractivity contribution in [2.24, 2.45) is 0 Å². The van der Waals surface area contributed by atoms with Crippen LogP contribution in [0.2, 0.25) is 0 Å². The van der Waals surface area contributed by atoms with Gasteiger partial charge in [-0.2, -0.15) is 5.10 Å². The van der Waals surface area contributed by atoms with Crippen molar-refractivity contribution >= 4 is 5.97 Å². The van der Waals surface area contributed by atoms with Gasteiger partial charge in [0.25, 0.3) is 0 Å². The topological polar surface area (TPSA) is 53.4 Å². The molecule has 1 heterocycles. The van der Waals surface area contributed by atoms with E-state index in [1.54, 1.807) is 37.4 Å².